The number of hydrogen-bond donors (Lipinski definition) is 10. The SMILES string of the molecule is COc1ccc(N=Nc2ccc(COC(=O)[C@H]([C@@H](C)O)N(Cc3ccccc3)OC(=O)[C@H](CC(N)=O)NC(=O)[C@H](CCSC)NC(=O)[C@H](CC(C)C)NC(=O)[C@H](Cc3ccccc3)NC(=O)[C@H](CCC(N)=O)NC(=O)[C@@H](NC(=O)[C@@H](N)Cc3ccccc3)C(C)C)cc2)cc1. The van der Waals surface area contributed by atoms with Gasteiger partial charge in [-0.15, -0.1) is 5.06 Å². The predicted octanol–water partition coefficient (Wildman–Crippen LogP) is 4.18. The third-order valence-electron chi connectivity index (χ3n) is 14.8. The van der Waals surface area contributed by atoms with Gasteiger partial charge in [-0.05, 0) is 115 Å². The summed E-state index contributed by atoms with van der Waals surface area (Å²) < 4.78 is 10.9. The van der Waals surface area contributed by atoms with Crippen LogP contribution in [0.2, 0.25) is 0 Å². The van der Waals surface area contributed by atoms with E-state index in [0.29, 0.717) is 33.8 Å². The molecule has 5 rings (SSSR count). The fourth-order valence-corrected chi connectivity index (χ4v) is 10.1. The van der Waals surface area contributed by atoms with Gasteiger partial charge in [-0.25, -0.2) is 4.79 Å². The quantitative estimate of drug-likeness (QED) is 0.0150. The molecule has 510 valence electrons. The molecule has 0 saturated heterocycles. The fourth-order valence-electron chi connectivity index (χ4n) is 9.67. The number of amides is 8. The molecule has 0 saturated carbocycles. The number of carbonyl (C=O) groups is 10. The minimum atomic E-state index is -1.83. The van der Waals surface area contributed by atoms with E-state index in [-0.39, 0.29) is 63.3 Å². The van der Waals surface area contributed by atoms with Crippen LogP contribution >= 0.6 is 11.8 Å². The van der Waals surface area contributed by atoms with E-state index < -0.39 is 126 Å². The van der Waals surface area contributed by atoms with Gasteiger partial charge in [0.15, 0.2) is 6.04 Å². The van der Waals surface area contributed by atoms with Crippen LogP contribution in [0.4, 0.5) is 11.4 Å². The number of thioether (sulfide) groups is 1. The molecular formula is C68H88N12O14S. The van der Waals surface area contributed by atoms with Gasteiger partial charge in [0.05, 0.1) is 43.6 Å². The molecule has 26 nitrogen and oxygen atoms in total. The summed E-state index contributed by atoms with van der Waals surface area (Å²) in [5.41, 5.74) is 20.9. The zero-order chi connectivity index (χ0) is 69.6. The number of primary amides is 2. The highest BCUT2D eigenvalue weighted by molar-refractivity contribution is 7.98. The van der Waals surface area contributed by atoms with Gasteiger partial charge in [0.2, 0.25) is 47.3 Å². The van der Waals surface area contributed by atoms with Crippen LogP contribution in [0.15, 0.2) is 150 Å². The molecule has 0 radical (unpaired) electrons. The standard InChI is InChI=1S/C68H88N12O14S/c1-41(2)35-54(74-65(88)55(37-45-19-13-9-14-20-45)75-62(85)52(31-32-57(70)82)73-66(89)59(42(3)4)77-61(84)51(69)36-44-17-11-8-12-18-44)64(87)72-53(33-34-95-7)63(86)76-56(38-58(71)83)67(90)94-80(39-46-21-15-10-16-22-46)60(43(5)81)68(91)93-40-47-23-25-48(26-24-47)78-79-49-27-29-50(92-6)30-28-49/h8-30,41-43,51-56,59-60,81H,31-40,69H2,1-7H3,(H2,70,82)(H2,71,83)(H,72,87)(H,73,89)(H,74,88)(H,75,85)(H,76,86)(H,77,84)/t43-,51+,52+,53+,54+,55+,56+,59+,60+/m1/s1. The van der Waals surface area contributed by atoms with E-state index in [1.165, 1.54) is 18.7 Å². The third-order valence-corrected chi connectivity index (χ3v) is 15.4. The highest BCUT2D eigenvalue weighted by Gasteiger charge is 2.39. The number of nitrogens with two attached hydrogens (primary N) is 3. The van der Waals surface area contributed by atoms with E-state index in [0.717, 1.165) is 10.6 Å². The first-order chi connectivity index (χ1) is 45.3. The highest BCUT2D eigenvalue weighted by atomic mass is 32.2. The van der Waals surface area contributed by atoms with Gasteiger partial charge in [-0.1, -0.05) is 131 Å². The number of ether oxygens (including phenoxy) is 2. The monoisotopic (exact) mass is 1330 g/mol. The zero-order valence-corrected chi connectivity index (χ0v) is 55.3. The molecule has 8 amide bonds. The summed E-state index contributed by atoms with van der Waals surface area (Å²) >= 11 is 1.32. The summed E-state index contributed by atoms with van der Waals surface area (Å²) in [6.07, 6.45) is -1.29. The lowest BCUT2D eigenvalue weighted by atomic mass is 9.99. The molecule has 0 fully saturated rings. The smallest absolute Gasteiger partial charge is 0.348 e. The molecule has 0 unspecified atom stereocenters. The number of rotatable bonds is 39. The van der Waals surface area contributed by atoms with Crippen LogP contribution < -0.4 is 53.8 Å². The van der Waals surface area contributed by atoms with Crippen molar-refractivity contribution < 1.29 is 67.4 Å². The van der Waals surface area contributed by atoms with Crippen molar-refractivity contribution in [3.63, 3.8) is 0 Å². The number of methoxy groups -OCH3 is 1. The van der Waals surface area contributed by atoms with Gasteiger partial charge < -0.3 is 68.5 Å². The van der Waals surface area contributed by atoms with Crippen LogP contribution in [-0.2, 0) is 83.5 Å². The highest BCUT2D eigenvalue weighted by Crippen LogP contribution is 2.23. The molecule has 13 N–H and O–H groups in total. The van der Waals surface area contributed by atoms with Crippen LogP contribution in [0.25, 0.3) is 0 Å². The van der Waals surface area contributed by atoms with Crippen molar-refractivity contribution in [1.29, 1.82) is 0 Å². The normalized spacial score (nSPS) is 14.1. The predicted molar refractivity (Wildman–Crippen MR) is 356 cm³/mol. The molecule has 5 aromatic carbocycles. The second-order valence-electron chi connectivity index (χ2n) is 23.4. The Balaban J connectivity index is 1.34. The van der Waals surface area contributed by atoms with Crippen molar-refractivity contribution in [2.24, 2.45) is 39.3 Å². The third kappa shape index (κ3) is 26.4. The van der Waals surface area contributed by atoms with Crippen molar-refractivity contribution in [2.45, 2.75) is 147 Å². The maximum atomic E-state index is 14.7. The lowest BCUT2D eigenvalue weighted by Crippen LogP contribution is -2.61. The first-order valence-corrected chi connectivity index (χ1v) is 32.5. The Kier molecular flexibility index (Phi) is 31.4. The van der Waals surface area contributed by atoms with Crippen molar-refractivity contribution in [3.05, 3.63) is 162 Å². The van der Waals surface area contributed by atoms with Crippen LogP contribution in [-0.4, -0.2) is 143 Å². The molecule has 0 bridgehead atoms. The number of esters is 1. The molecule has 27 heteroatoms. The topological polar surface area (TPSA) is 397 Å². The van der Waals surface area contributed by atoms with Crippen LogP contribution in [0.3, 0.4) is 0 Å². The summed E-state index contributed by atoms with van der Waals surface area (Å²) in [5.74, 6) is -8.94. The summed E-state index contributed by atoms with van der Waals surface area (Å²) in [6.45, 7) is 7.62. The Morgan fingerprint density at radius 3 is 1.54 bits per heavy atom. The van der Waals surface area contributed by atoms with E-state index in [2.05, 4.69) is 42.1 Å². The Morgan fingerprint density at radius 2 is 1.02 bits per heavy atom. The molecule has 0 heterocycles. The molecule has 0 aliphatic carbocycles. The van der Waals surface area contributed by atoms with Gasteiger partial charge in [0.25, 0.3) is 0 Å². The van der Waals surface area contributed by atoms with Gasteiger partial charge in [0, 0.05) is 12.8 Å². The number of aliphatic hydroxyl groups is 1. The van der Waals surface area contributed by atoms with E-state index in [1.807, 2.05) is 6.07 Å². The Bertz CT molecular complexity index is 3350. The summed E-state index contributed by atoms with van der Waals surface area (Å²) in [7, 11) is 1.56. The lowest BCUT2D eigenvalue weighted by Gasteiger charge is -2.32. The zero-order valence-electron chi connectivity index (χ0n) is 54.4. The van der Waals surface area contributed by atoms with Gasteiger partial charge in [0.1, 0.15) is 48.6 Å². The first-order valence-electron chi connectivity index (χ1n) is 31.1. The van der Waals surface area contributed by atoms with E-state index in [1.54, 1.807) is 175 Å². The first kappa shape index (κ1) is 76.1. The minimum absolute atomic E-state index is 0.000929. The number of azo groups is 1. The van der Waals surface area contributed by atoms with Crippen molar-refractivity contribution >= 4 is 82.3 Å². The molecule has 0 aliphatic rings. The largest absolute Gasteiger partial charge is 0.497 e. The van der Waals surface area contributed by atoms with Crippen LogP contribution in [0.5, 0.6) is 5.75 Å². The van der Waals surface area contributed by atoms with E-state index in [9.17, 15) is 53.1 Å². The number of aliphatic hydroxyl groups excluding tert-OH is 1. The molecule has 95 heavy (non-hydrogen) atoms. The van der Waals surface area contributed by atoms with Crippen LogP contribution in [0, 0.1) is 11.8 Å². The van der Waals surface area contributed by atoms with Crippen molar-refractivity contribution in [3.8, 4) is 5.75 Å². The number of hydroxylamine groups is 2. The average Bonchev–Trinajstić information content (AvgIpc) is 0.967. The van der Waals surface area contributed by atoms with Gasteiger partial charge in [-0.3, -0.25) is 43.2 Å². The molecule has 9 atom stereocenters. The van der Waals surface area contributed by atoms with Crippen molar-refractivity contribution in [2.75, 3.05) is 19.1 Å². The second-order valence-corrected chi connectivity index (χ2v) is 24.4. The maximum Gasteiger partial charge on any atom is 0.348 e. The van der Waals surface area contributed by atoms with Gasteiger partial charge >= 0.3 is 11.9 Å². The Labute approximate surface area is 557 Å². The molecule has 5 aromatic rings. The number of carbonyl (C=O) groups excluding carboxylic acids is 10. The summed E-state index contributed by atoms with van der Waals surface area (Å²) in [6, 6.07) is 28.2. The summed E-state index contributed by atoms with van der Waals surface area (Å²) in [4.78, 5) is 145. The number of benzene rings is 5. The fraction of sp³-hybridized carbons (Fsp3) is 0.412. The summed E-state index contributed by atoms with van der Waals surface area (Å²) in [5, 5.41) is 36.4. The number of nitrogens with one attached hydrogen (secondary N) is 6. The number of nitrogens with zero attached hydrogens (tertiary/aromatic N) is 3. The lowest BCUT2D eigenvalue weighted by molar-refractivity contribution is -0.223. The van der Waals surface area contributed by atoms with E-state index >= 15 is 0 Å². The minimum Gasteiger partial charge on any atom is -0.497 e. The molecule has 0 spiro atoms. The molecule has 0 aliphatic heterocycles. The Hall–Kier alpha value is -9.57. The maximum absolute atomic E-state index is 14.7. The molecule has 0 aromatic heterocycles. The van der Waals surface area contributed by atoms with E-state index in [4.69, 9.17) is 31.5 Å². The molecular weight excluding hydrogens is 1240 g/mol. The van der Waals surface area contributed by atoms with Gasteiger partial charge in [-0.2, -0.15) is 22.0 Å². The second kappa shape index (κ2) is 39.2. The number of hydrogen-bond acceptors (Lipinski definition) is 19. The Morgan fingerprint density at radius 1 is 0.537 bits per heavy atom. The van der Waals surface area contributed by atoms with Crippen LogP contribution in [0.1, 0.15) is 89.0 Å². The average molecular weight is 1330 g/mol. The van der Waals surface area contributed by atoms with Crippen molar-refractivity contribution in [1.82, 2.24) is 37.0 Å².